The molecule has 1 heterocycles. The molecule has 0 saturated carbocycles. The summed E-state index contributed by atoms with van der Waals surface area (Å²) >= 11 is 0. The van der Waals surface area contributed by atoms with Gasteiger partial charge in [0.1, 0.15) is 42.0 Å². The van der Waals surface area contributed by atoms with Crippen LogP contribution in [0.25, 0.3) is 0 Å². The molecule has 1 unspecified atom stereocenters. The first-order chi connectivity index (χ1) is 31.5. The first-order valence-electron chi connectivity index (χ1n) is 22.3. The molecule has 0 aromatic heterocycles. The molecular weight excluding hydrogens is 837 g/mol. The lowest BCUT2D eigenvalue weighted by molar-refractivity contribution is -0.164. The SMILES string of the molecule is COc1c(C[C@H](NC(=O)OC(C)(C)C)[C@H]2c3c(c(OC)c(C)c(OC)c3OCc3ccccc3)CC(C(=O)OC(C)(C)C)N2Cc2ccccc2)cc(OCc2ccccc2)c(OC)c1C. The molecule has 0 saturated heterocycles. The van der Waals surface area contributed by atoms with Crippen LogP contribution >= 0.6 is 0 Å². The third kappa shape index (κ3) is 11.7. The van der Waals surface area contributed by atoms with Gasteiger partial charge in [-0.15, -0.1) is 0 Å². The number of carbonyl (C=O) groups excluding carboxylic acids is 2. The molecule has 0 bridgehead atoms. The Labute approximate surface area is 390 Å². The topological polar surface area (TPSA) is 123 Å². The zero-order valence-corrected chi connectivity index (χ0v) is 40.5. The van der Waals surface area contributed by atoms with E-state index in [-0.39, 0.29) is 32.6 Å². The van der Waals surface area contributed by atoms with Crippen LogP contribution in [0.1, 0.15) is 92.1 Å². The monoisotopic (exact) mass is 902 g/mol. The molecule has 12 heteroatoms. The van der Waals surface area contributed by atoms with Crippen LogP contribution in [0.2, 0.25) is 0 Å². The molecule has 3 atom stereocenters. The van der Waals surface area contributed by atoms with E-state index in [9.17, 15) is 9.59 Å². The molecule has 66 heavy (non-hydrogen) atoms. The molecule has 1 aliphatic rings. The molecule has 6 rings (SSSR count). The number of nitrogens with one attached hydrogen (secondary N) is 1. The number of carbonyl (C=O) groups is 2. The number of nitrogens with zero attached hydrogens (tertiary/aromatic N) is 1. The van der Waals surface area contributed by atoms with Crippen molar-refractivity contribution in [3.8, 4) is 34.5 Å². The van der Waals surface area contributed by atoms with E-state index in [2.05, 4.69) is 10.2 Å². The Bertz CT molecular complexity index is 2430. The minimum absolute atomic E-state index is 0.155. The highest BCUT2D eigenvalue weighted by molar-refractivity contribution is 5.79. The summed E-state index contributed by atoms with van der Waals surface area (Å²) in [5.74, 6) is 2.59. The lowest BCUT2D eigenvalue weighted by atomic mass is 9.79. The van der Waals surface area contributed by atoms with Crippen LogP contribution in [0, 0.1) is 13.8 Å². The van der Waals surface area contributed by atoms with Gasteiger partial charge < -0.3 is 43.2 Å². The van der Waals surface area contributed by atoms with Gasteiger partial charge in [0.15, 0.2) is 23.0 Å². The van der Waals surface area contributed by atoms with Crippen LogP contribution in [-0.2, 0) is 46.9 Å². The Morgan fingerprint density at radius 2 is 1.14 bits per heavy atom. The normalized spacial score (nSPS) is 15.5. The van der Waals surface area contributed by atoms with Crippen LogP contribution in [0.15, 0.2) is 97.1 Å². The molecule has 0 fully saturated rings. The average molecular weight is 903 g/mol. The first-order valence-corrected chi connectivity index (χ1v) is 22.3. The van der Waals surface area contributed by atoms with Crippen molar-refractivity contribution >= 4 is 12.1 Å². The Hall–Kier alpha value is -6.40. The van der Waals surface area contributed by atoms with Crippen LogP contribution in [0.5, 0.6) is 34.5 Å². The second-order valence-electron chi connectivity index (χ2n) is 18.5. The van der Waals surface area contributed by atoms with Gasteiger partial charge in [0, 0.05) is 40.8 Å². The van der Waals surface area contributed by atoms with Crippen LogP contribution in [-0.4, -0.2) is 68.7 Å². The van der Waals surface area contributed by atoms with Crippen molar-refractivity contribution < 1.29 is 47.5 Å². The molecule has 352 valence electrons. The molecule has 12 nitrogen and oxygen atoms in total. The highest BCUT2D eigenvalue weighted by atomic mass is 16.6. The fraction of sp³-hybridized carbons (Fsp3) is 0.407. The van der Waals surface area contributed by atoms with Crippen molar-refractivity contribution in [3.05, 3.63) is 142 Å². The third-order valence-corrected chi connectivity index (χ3v) is 11.4. The number of benzene rings is 5. The van der Waals surface area contributed by atoms with Crippen molar-refractivity contribution in [2.75, 3.05) is 28.4 Å². The minimum atomic E-state index is -0.863. The quantitative estimate of drug-likeness (QED) is 0.0897. The predicted molar refractivity (Wildman–Crippen MR) is 255 cm³/mol. The molecule has 5 aromatic rings. The maximum atomic E-state index is 14.9. The lowest BCUT2D eigenvalue weighted by Gasteiger charge is -2.47. The van der Waals surface area contributed by atoms with E-state index in [1.807, 2.05) is 152 Å². The van der Waals surface area contributed by atoms with Gasteiger partial charge in [0.05, 0.1) is 40.5 Å². The summed E-state index contributed by atoms with van der Waals surface area (Å²) in [5, 5.41) is 3.30. The molecule has 0 spiro atoms. The molecule has 1 aliphatic heterocycles. The standard InChI is InChI=1S/C54H66N2O10/c1-34-46(59-9)39(29-43(48(34)61-11)63-32-37-24-18-14-19-25-37)28-41(55-52(58)66-54(6,7)8)45-44-40(30-42(51(57)65-53(3,4)5)56(45)31-36-22-16-13-17-23-36)47(60-10)35(2)49(62-12)50(44)64-33-38-26-20-15-21-27-38/h13-27,29,41-42,45H,28,30-33H2,1-12H3,(H,55,58)/t41-,42?,45-/m0/s1. The Morgan fingerprint density at radius 1 is 0.636 bits per heavy atom. The maximum absolute atomic E-state index is 14.9. The molecule has 0 radical (unpaired) electrons. The molecular formula is C54H66N2O10. The van der Waals surface area contributed by atoms with Gasteiger partial charge in [0.2, 0.25) is 0 Å². The van der Waals surface area contributed by atoms with Gasteiger partial charge in [-0.3, -0.25) is 9.69 Å². The van der Waals surface area contributed by atoms with Gasteiger partial charge >= 0.3 is 12.1 Å². The van der Waals surface area contributed by atoms with Crippen LogP contribution in [0.3, 0.4) is 0 Å². The maximum Gasteiger partial charge on any atom is 0.407 e. The van der Waals surface area contributed by atoms with Crippen molar-refractivity contribution in [1.29, 1.82) is 0 Å². The lowest BCUT2D eigenvalue weighted by Crippen LogP contribution is -2.56. The van der Waals surface area contributed by atoms with E-state index >= 15 is 0 Å². The van der Waals surface area contributed by atoms with Crippen molar-refractivity contribution in [2.45, 2.75) is 117 Å². The fourth-order valence-electron chi connectivity index (χ4n) is 8.77. The van der Waals surface area contributed by atoms with E-state index in [0.29, 0.717) is 56.8 Å². The van der Waals surface area contributed by atoms with Crippen molar-refractivity contribution in [3.63, 3.8) is 0 Å². The van der Waals surface area contributed by atoms with Gasteiger partial charge in [0.25, 0.3) is 0 Å². The third-order valence-electron chi connectivity index (χ3n) is 11.4. The first kappa shape index (κ1) is 49.0. The molecule has 0 aliphatic carbocycles. The van der Waals surface area contributed by atoms with Crippen LogP contribution < -0.4 is 33.7 Å². The second-order valence-corrected chi connectivity index (χ2v) is 18.5. The van der Waals surface area contributed by atoms with Gasteiger partial charge in [-0.05, 0) is 84.6 Å². The summed E-state index contributed by atoms with van der Waals surface area (Å²) in [6.07, 6.45) is -0.303. The zero-order valence-electron chi connectivity index (χ0n) is 40.5. The summed E-state index contributed by atoms with van der Waals surface area (Å²) in [7, 11) is 6.42. The van der Waals surface area contributed by atoms with E-state index < -0.39 is 41.4 Å². The number of alkyl carbamates (subject to hydrolysis) is 1. The highest BCUT2D eigenvalue weighted by Crippen LogP contribution is 2.53. The fourth-order valence-corrected chi connectivity index (χ4v) is 8.77. The highest BCUT2D eigenvalue weighted by Gasteiger charge is 2.48. The largest absolute Gasteiger partial charge is 0.496 e. The number of ether oxygens (including phenoxy) is 8. The van der Waals surface area contributed by atoms with E-state index in [4.69, 9.17) is 37.9 Å². The molecule has 1 amide bonds. The number of hydrogen-bond donors (Lipinski definition) is 1. The van der Waals surface area contributed by atoms with E-state index in [1.54, 1.807) is 28.4 Å². The number of methoxy groups -OCH3 is 4. The minimum Gasteiger partial charge on any atom is -0.496 e. The number of amides is 1. The Balaban J connectivity index is 1.67. The summed E-state index contributed by atoms with van der Waals surface area (Å²) in [6, 6.07) is 29.0. The van der Waals surface area contributed by atoms with Gasteiger partial charge in [-0.25, -0.2) is 4.79 Å². The molecule has 5 aromatic carbocycles. The van der Waals surface area contributed by atoms with Crippen molar-refractivity contribution in [2.24, 2.45) is 0 Å². The number of hydrogen-bond acceptors (Lipinski definition) is 11. The Morgan fingerprint density at radius 3 is 1.65 bits per heavy atom. The predicted octanol–water partition coefficient (Wildman–Crippen LogP) is 10.4. The van der Waals surface area contributed by atoms with Gasteiger partial charge in [-0.2, -0.15) is 0 Å². The average Bonchev–Trinajstić information content (AvgIpc) is 3.27. The summed E-state index contributed by atoms with van der Waals surface area (Å²) in [5.41, 5.74) is 4.72. The zero-order chi connectivity index (χ0) is 47.8. The smallest absolute Gasteiger partial charge is 0.407 e. The number of esters is 1. The summed E-state index contributed by atoms with van der Waals surface area (Å²) in [4.78, 5) is 31.4. The number of fused-ring (bicyclic) bond motifs is 1. The second kappa shape index (κ2) is 21.3. The molecule has 1 N–H and O–H groups in total. The van der Waals surface area contributed by atoms with Gasteiger partial charge in [-0.1, -0.05) is 91.0 Å². The van der Waals surface area contributed by atoms with E-state index in [1.165, 1.54) is 0 Å². The van der Waals surface area contributed by atoms with Crippen LogP contribution in [0.4, 0.5) is 4.79 Å². The van der Waals surface area contributed by atoms with Crippen molar-refractivity contribution in [1.82, 2.24) is 10.2 Å². The number of rotatable bonds is 17. The Kier molecular flexibility index (Phi) is 15.8. The van der Waals surface area contributed by atoms with E-state index in [0.717, 1.165) is 22.3 Å². The summed E-state index contributed by atoms with van der Waals surface area (Å²) in [6.45, 7) is 15.6. The summed E-state index contributed by atoms with van der Waals surface area (Å²) < 4.78 is 50.4.